The third kappa shape index (κ3) is 6.26. The van der Waals surface area contributed by atoms with Gasteiger partial charge in [-0.05, 0) is 57.5 Å². The van der Waals surface area contributed by atoms with Gasteiger partial charge in [0.15, 0.2) is 0 Å². The fraction of sp³-hybridized carbons (Fsp3) is 0.682. The summed E-state index contributed by atoms with van der Waals surface area (Å²) in [5, 5.41) is 3.24. The van der Waals surface area contributed by atoms with E-state index in [2.05, 4.69) is 10.2 Å². The molecule has 2 aliphatic heterocycles. The number of amides is 1. The minimum Gasteiger partial charge on any atom is -0.340 e. The van der Waals surface area contributed by atoms with Crippen molar-refractivity contribution in [1.82, 2.24) is 19.4 Å². The van der Waals surface area contributed by atoms with E-state index in [0.29, 0.717) is 24.5 Å². The lowest BCUT2D eigenvalue weighted by Gasteiger charge is -2.30. The molecule has 0 saturated carbocycles. The van der Waals surface area contributed by atoms with Crippen LogP contribution < -0.4 is 5.32 Å². The molecule has 1 aromatic carbocycles. The monoisotopic (exact) mass is 436 g/mol. The second-order valence-corrected chi connectivity index (χ2v) is 10.2. The number of nitrogens with one attached hydrogen (secondary N) is 1. The number of nitrogens with zero attached hydrogens (tertiary/aromatic N) is 3. The van der Waals surface area contributed by atoms with Crippen molar-refractivity contribution in [3.63, 3.8) is 0 Å². The first-order valence-electron chi connectivity index (χ1n) is 11.2. The number of hydrogen-bond donors (Lipinski definition) is 1. The summed E-state index contributed by atoms with van der Waals surface area (Å²) < 4.78 is 28.3. The summed E-state index contributed by atoms with van der Waals surface area (Å²) in [4.78, 5) is 17.2. The molecule has 2 fully saturated rings. The summed E-state index contributed by atoms with van der Waals surface area (Å²) in [6.07, 6.45) is 4.76. The molecule has 0 aromatic heterocycles. The Labute approximate surface area is 181 Å². The van der Waals surface area contributed by atoms with Gasteiger partial charge in [-0.15, -0.1) is 0 Å². The number of piperidine rings is 1. The molecule has 30 heavy (non-hydrogen) atoms. The number of benzene rings is 1. The van der Waals surface area contributed by atoms with Crippen LogP contribution in [0.25, 0.3) is 0 Å². The SMILES string of the molecule is Cc1ccccc1S(=O)(=O)N(CCCN1CCCCC1)CCC(=O)N1CCNCC1. The zero-order chi connectivity index (χ0) is 21.4. The molecule has 2 heterocycles. The van der Waals surface area contributed by atoms with E-state index in [-0.39, 0.29) is 18.9 Å². The van der Waals surface area contributed by atoms with Crippen LogP contribution in [0, 0.1) is 6.92 Å². The smallest absolute Gasteiger partial charge is 0.243 e. The molecular formula is C22H36N4O3S. The summed E-state index contributed by atoms with van der Waals surface area (Å²) >= 11 is 0. The molecule has 2 aliphatic rings. The number of likely N-dealkylation sites (tertiary alicyclic amines) is 1. The molecule has 168 valence electrons. The van der Waals surface area contributed by atoms with Crippen molar-refractivity contribution in [1.29, 1.82) is 0 Å². The summed E-state index contributed by atoms with van der Waals surface area (Å²) in [7, 11) is -3.63. The van der Waals surface area contributed by atoms with Gasteiger partial charge in [0.25, 0.3) is 0 Å². The summed E-state index contributed by atoms with van der Waals surface area (Å²) in [6, 6.07) is 7.10. The van der Waals surface area contributed by atoms with E-state index in [4.69, 9.17) is 0 Å². The van der Waals surface area contributed by atoms with Crippen molar-refractivity contribution < 1.29 is 13.2 Å². The average molecular weight is 437 g/mol. The van der Waals surface area contributed by atoms with E-state index in [9.17, 15) is 13.2 Å². The van der Waals surface area contributed by atoms with Gasteiger partial charge in [-0.25, -0.2) is 8.42 Å². The Kier molecular flexibility index (Phi) is 8.68. The second kappa shape index (κ2) is 11.2. The predicted octanol–water partition coefficient (Wildman–Crippen LogP) is 1.68. The van der Waals surface area contributed by atoms with Crippen LogP contribution >= 0.6 is 0 Å². The summed E-state index contributed by atoms with van der Waals surface area (Å²) in [5.41, 5.74) is 0.743. The van der Waals surface area contributed by atoms with Crippen LogP contribution in [0.5, 0.6) is 0 Å². The van der Waals surface area contributed by atoms with Crippen LogP contribution in [0.1, 0.15) is 37.7 Å². The Morgan fingerprint density at radius 1 is 1.03 bits per heavy atom. The van der Waals surface area contributed by atoms with Gasteiger partial charge in [0.1, 0.15) is 0 Å². The highest BCUT2D eigenvalue weighted by atomic mass is 32.2. The van der Waals surface area contributed by atoms with Gasteiger partial charge in [0.2, 0.25) is 15.9 Å². The van der Waals surface area contributed by atoms with Crippen LogP contribution in [0.15, 0.2) is 29.2 Å². The molecule has 0 spiro atoms. The molecule has 0 radical (unpaired) electrons. The van der Waals surface area contributed by atoms with E-state index >= 15 is 0 Å². The number of hydrogen-bond acceptors (Lipinski definition) is 5. The molecule has 2 saturated heterocycles. The lowest BCUT2D eigenvalue weighted by atomic mass is 10.1. The van der Waals surface area contributed by atoms with E-state index in [0.717, 1.165) is 44.7 Å². The number of sulfonamides is 1. The topological polar surface area (TPSA) is 73.0 Å². The Balaban J connectivity index is 1.65. The van der Waals surface area contributed by atoms with Gasteiger partial charge in [0, 0.05) is 45.7 Å². The number of carbonyl (C=O) groups excluding carboxylic acids is 1. The number of carbonyl (C=O) groups is 1. The summed E-state index contributed by atoms with van der Waals surface area (Å²) in [6.45, 7) is 8.60. The molecular weight excluding hydrogens is 400 g/mol. The van der Waals surface area contributed by atoms with E-state index in [1.807, 2.05) is 24.0 Å². The molecule has 0 unspecified atom stereocenters. The normalized spacial score (nSPS) is 18.7. The van der Waals surface area contributed by atoms with Crippen LogP contribution in [0.2, 0.25) is 0 Å². The third-order valence-electron chi connectivity index (χ3n) is 6.09. The molecule has 1 amide bonds. The largest absolute Gasteiger partial charge is 0.340 e. The fourth-order valence-electron chi connectivity index (χ4n) is 4.28. The molecule has 0 aliphatic carbocycles. The maximum atomic E-state index is 13.4. The minimum absolute atomic E-state index is 0.0394. The van der Waals surface area contributed by atoms with E-state index in [1.54, 1.807) is 12.1 Å². The number of rotatable bonds is 9. The van der Waals surface area contributed by atoms with Gasteiger partial charge in [-0.1, -0.05) is 24.6 Å². The fourth-order valence-corrected chi connectivity index (χ4v) is 5.99. The van der Waals surface area contributed by atoms with Crippen molar-refractivity contribution in [2.45, 2.75) is 43.9 Å². The average Bonchev–Trinajstić information content (AvgIpc) is 2.77. The first kappa shape index (κ1) is 23.2. The quantitative estimate of drug-likeness (QED) is 0.638. The third-order valence-corrected chi connectivity index (χ3v) is 8.15. The lowest BCUT2D eigenvalue weighted by molar-refractivity contribution is -0.131. The highest BCUT2D eigenvalue weighted by Gasteiger charge is 2.27. The highest BCUT2D eigenvalue weighted by Crippen LogP contribution is 2.21. The molecule has 7 nitrogen and oxygen atoms in total. The zero-order valence-corrected chi connectivity index (χ0v) is 19.0. The standard InChI is InChI=1S/C22H36N4O3S/c1-20-8-3-4-9-21(20)30(28,29)26(16-7-15-24-13-5-2-6-14-24)17-10-22(27)25-18-11-23-12-19-25/h3-4,8-9,23H,2,5-7,10-19H2,1H3. The summed E-state index contributed by atoms with van der Waals surface area (Å²) in [5.74, 6) is 0.0394. The van der Waals surface area contributed by atoms with Crippen LogP contribution in [-0.4, -0.2) is 87.3 Å². The highest BCUT2D eigenvalue weighted by molar-refractivity contribution is 7.89. The van der Waals surface area contributed by atoms with Crippen LogP contribution in [0.3, 0.4) is 0 Å². The van der Waals surface area contributed by atoms with Gasteiger partial charge in [-0.3, -0.25) is 4.79 Å². The molecule has 1 aromatic rings. The van der Waals surface area contributed by atoms with E-state index in [1.165, 1.54) is 23.6 Å². The molecule has 3 rings (SSSR count). The van der Waals surface area contributed by atoms with Crippen molar-refractivity contribution in [3.05, 3.63) is 29.8 Å². The van der Waals surface area contributed by atoms with Gasteiger partial charge >= 0.3 is 0 Å². The van der Waals surface area contributed by atoms with Gasteiger partial charge in [-0.2, -0.15) is 4.31 Å². The van der Waals surface area contributed by atoms with Crippen LogP contribution in [-0.2, 0) is 14.8 Å². The molecule has 0 atom stereocenters. The molecule has 1 N–H and O–H groups in total. The second-order valence-electron chi connectivity index (χ2n) is 8.31. The zero-order valence-electron chi connectivity index (χ0n) is 18.2. The Hall–Kier alpha value is -1.48. The number of piperazine rings is 1. The first-order valence-corrected chi connectivity index (χ1v) is 12.7. The van der Waals surface area contributed by atoms with E-state index < -0.39 is 10.0 Å². The molecule has 8 heteroatoms. The van der Waals surface area contributed by atoms with Gasteiger partial charge in [0.05, 0.1) is 4.90 Å². The van der Waals surface area contributed by atoms with Crippen molar-refractivity contribution in [3.8, 4) is 0 Å². The van der Waals surface area contributed by atoms with Crippen molar-refractivity contribution in [2.75, 3.05) is 58.9 Å². The van der Waals surface area contributed by atoms with Crippen molar-refractivity contribution in [2.24, 2.45) is 0 Å². The van der Waals surface area contributed by atoms with Gasteiger partial charge < -0.3 is 15.1 Å². The number of aryl methyl sites for hydroxylation is 1. The lowest BCUT2D eigenvalue weighted by Crippen LogP contribution is -2.47. The maximum Gasteiger partial charge on any atom is 0.243 e. The predicted molar refractivity (Wildman–Crippen MR) is 119 cm³/mol. The van der Waals surface area contributed by atoms with Crippen LogP contribution in [0.4, 0.5) is 0 Å². The minimum atomic E-state index is -3.63. The first-order chi connectivity index (χ1) is 14.5. The maximum absolute atomic E-state index is 13.4. The Morgan fingerprint density at radius 2 is 1.73 bits per heavy atom. The Morgan fingerprint density at radius 3 is 2.43 bits per heavy atom. The van der Waals surface area contributed by atoms with Crippen molar-refractivity contribution >= 4 is 15.9 Å². The Bertz CT molecular complexity index is 787. The molecule has 0 bridgehead atoms.